The zero-order chi connectivity index (χ0) is 20.1. The maximum Gasteiger partial charge on any atom is 0.229 e. The van der Waals surface area contributed by atoms with Gasteiger partial charge in [-0.25, -0.2) is 15.0 Å². The summed E-state index contributed by atoms with van der Waals surface area (Å²) in [7, 11) is 3.20. The number of nitrogens with zero attached hydrogens (tertiary/aromatic N) is 3. The Kier molecular flexibility index (Phi) is 6.25. The third-order valence-corrected chi connectivity index (χ3v) is 4.16. The molecule has 0 saturated heterocycles. The van der Waals surface area contributed by atoms with Gasteiger partial charge in [-0.15, -0.1) is 0 Å². The molecule has 148 valence electrons. The third kappa shape index (κ3) is 5.53. The number of rotatable bonds is 5. The van der Waals surface area contributed by atoms with Gasteiger partial charge < -0.3 is 20.1 Å². The second kappa shape index (κ2) is 8.83. The van der Waals surface area contributed by atoms with Gasteiger partial charge in [0.25, 0.3) is 0 Å². The molecule has 0 aliphatic heterocycles. The molecule has 8 nitrogen and oxygen atoms in total. The number of nitrogens with one attached hydrogen (secondary N) is 3. The van der Waals surface area contributed by atoms with Crippen molar-refractivity contribution in [1.29, 1.82) is 0 Å². The predicted molar refractivity (Wildman–Crippen MR) is 114 cm³/mol. The van der Waals surface area contributed by atoms with Crippen LogP contribution in [0, 0.1) is 13.8 Å². The largest absolute Gasteiger partial charge is 0.497 e. The molecule has 2 aromatic rings. The van der Waals surface area contributed by atoms with Gasteiger partial charge in [-0.3, -0.25) is 5.32 Å². The Hall–Kier alpha value is -2.94. The number of thiocarbonyl (C=S) groups is 1. The smallest absolute Gasteiger partial charge is 0.229 e. The van der Waals surface area contributed by atoms with Crippen LogP contribution in [0.15, 0.2) is 29.3 Å². The minimum absolute atomic E-state index is 0.291. The van der Waals surface area contributed by atoms with Crippen LogP contribution in [0.2, 0.25) is 0 Å². The molecule has 1 aromatic carbocycles. The van der Waals surface area contributed by atoms with Gasteiger partial charge in [-0.1, -0.05) is 0 Å². The minimum Gasteiger partial charge on any atom is -0.497 e. The molecule has 1 aliphatic rings. The number of aliphatic imine (C=N–C) groups is 1. The van der Waals surface area contributed by atoms with Crippen LogP contribution in [0.4, 0.5) is 11.6 Å². The molecule has 0 unspecified atom stereocenters. The summed E-state index contributed by atoms with van der Waals surface area (Å²) in [5, 5.41) is 9.73. The van der Waals surface area contributed by atoms with E-state index >= 15 is 0 Å². The van der Waals surface area contributed by atoms with E-state index in [1.165, 1.54) is 0 Å². The van der Waals surface area contributed by atoms with Crippen LogP contribution in [0.3, 0.4) is 0 Å². The standard InChI is InChI=1S/C19H24N6O2S/c1-11-9-12(2)21-17(20-11)24-18(22-13-5-6-13)25-19(28)23-15-8-7-14(26-3)10-16(15)27-4/h7-10,13H,5-6H2,1-4H3,(H3,20,21,22,23,24,25,28). The van der Waals surface area contributed by atoms with Crippen molar-refractivity contribution >= 4 is 34.9 Å². The summed E-state index contributed by atoms with van der Waals surface area (Å²) >= 11 is 5.45. The van der Waals surface area contributed by atoms with Crippen LogP contribution in [0.5, 0.6) is 11.5 Å². The number of aromatic nitrogens is 2. The maximum atomic E-state index is 5.45. The molecule has 3 rings (SSSR count). The Morgan fingerprint density at radius 1 is 1.07 bits per heavy atom. The third-order valence-electron chi connectivity index (χ3n) is 3.96. The Bertz CT molecular complexity index is 878. The lowest BCUT2D eigenvalue weighted by atomic mass is 10.2. The number of ether oxygens (including phenoxy) is 2. The van der Waals surface area contributed by atoms with E-state index in [0.29, 0.717) is 40.2 Å². The molecule has 3 N–H and O–H groups in total. The van der Waals surface area contributed by atoms with E-state index in [1.807, 2.05) is 32.0 Å². The van der Waals surface area contributed by atoms with Crippen molar-refractivity contribution in [2.45, 2.75) is 32.7 Å². The van der Waals surface area contributed by atoms with Crippen LogP contribution in [-0.4, -0.2) is 41.3 Å². The average Bonchev–Trinajstić information content (AvgIpc) is 3.45. The lowest BCUT2D eigenvalue weighted by Gasteiger charge is -2.16. The summed E-state index contributed by atoms with van der Waals surface area (Å²) in [6.45, 7) is 3.85. The number of aryl methyl sites for hydroxylation is 2. The van der Waals surface area contributed by atoms with Crippen molar-refractivity contribution < 1.29 is 9.47 Å². The zero-order valence-electron chi connectivity index (χ0n) is 16.4. The van der Waals surface area contributed by atoms with Crippen LogP contribution in [0.25, 0.3) is 0 Å². The van der Waals surface area contributed by atoms with E-state index in [2.05, 4.69) is 30.9 Å². The first kappa shape index (κ1) is 19.8. The molecule has 0 bridgehead atoms. The summed E-state index contributed by atoms with van der Waals surface area (Å²) in [5.74, 6) is 2.31. The zero-order valence-corrected chi connectivity index (χ0v) is 17.2. The molecule has 0 amide bonds. The van der Waals surface area contributed by atoms with Gasteiger partial charge in [0.15, 0.2) is 5.11 Å². The lowest BCUT2D eigenvalue weighted by molar-refractivity contribution is 0.395. The summed E-state index contributed by atoms with van der Waals surface area (Å²) < 4.78 is 10.6. The summed E-state index contributed by atoms with van der Waals surface area (Å²) in [6.07, 6.45) is 2.13. The average molecular weight is 401 g/mol. The Morgan fingerprint density at radius 3 is 2.39 bits per heavy atom. The Labute approximate surface area is 169 Å². The lowest BCUT2D eigenvalue weighted by Crippen LogP contribution is -2.39. The Morgan fingerprint density at radius 2 is 1.79 bits per heavy atom. The molecule has 0 radical (unpaired) electrons. The monoisotopic (exact) mass is 400 g/mol. The van der Waals surface area contributed by atoms with Crippen molar-refractivity contribution in [3.63, 3.8) is 0 Å². The summed E-state index contributed by atoms with van der Waals surface area (Å²) in [4.78, 5) is 13.4. The van der Waals surface area contributed by atoms with Gasteiger partial charge in [0, 0.05) is 17.5 Å². The summed E-state index contributed by atoms with van der Waals surface area (Å²) in [5.41, 5.74) is 2.48. The van der Waals surface area contributed by atoms with Crippen LogP contribution < -0.4 is 25.4 Å². The maximum absolute atomic E-state index is 5.45. The molecule has 0 atom stereocenters. The van der Waals surface area contributed by atoms with E-state index in [4.69, 9.17) is 21.7 Å². The highest BCUT2D eigenvalue weighted by Gasteiger charge is 2.22. The fraction of sp³-hybridized carbons (Fsp3) is 0.368. The summed E-state index contributed by atoms with van der Waals surface area (Å²) in [6, 6.07) is 7.65. The highest BCUT2D eigenvalue weighted by atomic mass is 32.1. The number of benzene rings is 1. The molecule has 1 aromatic heterocycles. The van der Waals surface area contributed by atoms with Crippen molar-refractivity contribution in [3.05, 3.63) is 35.7 Å². The van der Waals surface area contributed by atoms with E-state index in [-0.39, 0.29) is 0 Å². The van der Waals surface area contributed by atoms with E-state index in [9.17, 15) is 0 Å². The predicted octanol–water partition coefficient (Wildman–Crippen LogP) is 3.03. The molecule has 9 heteroatoms. The first-order valence-corrected chi connectivity index (χ1v) is 9.35. The van der Waals surface area contributed by atoms with Gasteiger partial charge in [-0.2, -0.15) is 0 Å². The number of anilines is 2. The second-order valence-electron chi connectivity index (χ2n) is 6.45. The molecular weight excluding hydrogens is 376 g/mol. The van der Waals surface area contributed by atoms with Crippen molar-refractivity contribution in [3.8, 4) is 11.5 Å². The number of methoxy groups -OCH3 is 2. The first-order valence-electron chi connectivity index (χ1n) is 8.94. The quantitative estimate of drug-likeness (QED) is 0.401. The van der Waals surface area contributed by atoms with Crippen molar-refractivity contribution in [2.24, 2.45) is 4.99 Å². The fourth-order valence-electron chi connectivity index (χ4n) is 2.53. The van der Waals surface area contributed by atoms with Gasteiger partial charge in [0.2, 0.25) is 11.9 Å². The highest BCUT2D eigenvalue weighted by molar-refractivity contribution is 7.80. The van der Waals surface area contributed by atoms with Gasteiger partial charge in [0.1, 0.15) is 11.5 Å². The first-order chi connectivity index (χ1) is 13.5. The topological polar surface area (TPSA) is 92.7 Å². The molecular formula is C19H24N6O2S. The van der Waals surface area contributed by atoms with Gasteiger partial charge in [-0.05, 0) is 57.1 Å². The number of guanidine groups is 1. The molecule has 0 spiro atoms. The van der Waals surface area contributed by atoms with Crippen LogP contribution in [0.1, 0.15) is 24.2 Å². The second-order valence-corrected chi connectivity index (χ2v) is 6.86. The van der Waals surface area contributed by atoms with E-state index < -0.39 is 0 Å². The van der Waals surface area contributed by atoms with Crippen LogP contribution >= 0.6 is 12.2 Å². The van der Waals surface area contributed by atoms with E-state index in [0.717, 1.165) is 24.2 Å². The molecule has 1 heterocycles. The molecule has 28 heavy (non-hydrogen) atoms. The van der Waals surface area contributed by atoms with Crippen molar-refractivity contribution in [1.82, 2.24) is 15.3 Å². The Balaban J connectivity index is 1.72. The normalized spacial score (nSPS) is 13.6. The van der Waals surface area contributed by atoms with Gasteiger partial charge in [0.05, 0.1) is 25.9 Å². The molecule has 1 saturated carbocycles. The van der Waals surface area contributed by atoms with Crippen LogP contribution in [-0.2, 0) is 0 Å². The minimum atomic E-state index is 0.291. The molecule has 1 aliphatic carbocycles. The SMILES string of the molecule is COc1ccc(NC(=S)NC(=NC2CC2)Nc2nc(C)cc(C)n2)c(OC)c1. The number of hydrogen-bond donors (Lipinski definition) is 3. The highest BCUT2D eigenvalue weighted by Crippen LogP contribution is 2.29. The van der Waals surface area contributed by atoms with Crippen molar-refractivity contribution in [2.75, 3.05) is 24.9 Å². The fourth-order valence-corrected chi connectivity index (χ4v) is 2.74. The number of hydrogen-bond acceptors (Lipinski definition) is 6. The van der Waals surface area contributed by atoms with Gasteiger partial charge >= 0.3 is 0 Å². The molecule has 1 fully saturated rings. The van der Waals surface area contributed by atoms with E-state index in [1.54, 1.807) is 20.3 Å².